The average molecular weight is 333 g/mol. The second-order valence-corrected chi connectivity index (χ2v) is 7.16. The number of benzene rings is 2. The van der Waals surface area contributed by atoms with E-state index in [4.69, 9.17) is 4.74 Å². The minimum atomic E-state index is -0.0862. The lowest BCUT2D eigenvalue weighted by Crippen LogP contribution is -2.24. The van der Waals surface area contributed by atoms with Crippen molar-refractivity contribution >= 4 is 0 Å². The quantitative estimate of drug-likeness (QED) is 0.770. The molecule has 0 aliphatic carbocycles. The maximum Gasteiger partial charge on any atom is 0.123 e. The first-order valence-corrected chi connectivity index (χ1v) is 8.70. The van der Waals surface area contributed by atoms with Crippen LogP contribution in [0.3, 0.4) is 0 Å². The van der Waals surface area contributed by atoms with Crippen LogP contribution in [0, 0.1) is 0 Å². The van der Waals surface area contributed by atoms with Gasteiger partial charge < -0.3 is 10.1 Å². The number of rotatable bonds is 5. The Labute approximate surface area is 148 Å². The molecule has 0 radical (unpaired) electrons. The van der Waals surface area contributed by atoms with E-state index in [0.29, 0.717) is 0 Å². The van der Waals surface area contributed by atoms with Crippen LogP contribution in [0.1, 0.15) is 30.5 Å². The molecule has 1 aliphatic rings. The molecule has 3 aromatic rings. The summed E-state index contributed by atoms with van der Waals surface area (Å²) in [5.41, 5.74) is 4.86. The van der Waals surface area contributed by atoms with Crippen LogP contribution in [0.25, 0.3) is 5.69 Å². The molecule has 0 saturated heterocycles. The number of ether oxygens (including phenoxy) is 1. The van der Waals surface area contributed by atoms with Crippen molar-refractivity contribution in [3.63, 3.8) is 0 Å². The number of nitrogens with one attached hydrogen (secondary N) is 1. The molecule has 128 valence electrons. The molecule has 0 fully saturated rings. The van der Waals surface area contributed by atoms with E-state index in [1.165, 1.54) is 16.7 Å². The number of hydrogen-bond donors (Lipinski definition) is 1. The van der Waals surface area contributed by atoms with E-state index in [9.17, 15) is 0 Å². The van der Waals surface area contributed by atoms with Crippen molar-refractivity contribution in [3.8, 4) is 11.4 Å². The third-order valence-corrected chi connectivity index (χ3v) is 4.51. The Morgan fingerprint density at radius 3 is 2.84 bits per heavy atom. The second-order valence-electron chi connectivity index (χ2n) is 7.16. The standard InChI is InChI=1S/C21H23N3O/c1-21(2)13-18-12-16(8-9-20(18)25-21)14-22-15-17-6-3-4-7-19(17)24-11-5-10-23-24/h3-12,22H,13-15H2,1-2H3. The minimum absolute atomic E-state index is 0.0862. The molecule has 0 saturated carbocycles. The minimum Gasteiger partial charge on any atom is -0.487 e. The van der Waals surface area contributed by atoms with Crippen LogP contribution in [0.5, 0.6) is 5.75 Å². The van der Waals surface area contributed by atoms with E-state index in [-0.39, 0.29) is 5.60 Å². The molecule has 0 spiro atoms. The molecular formula is C21H23N3O. The third kappa shape index (κ3) is 3.44. The van der Waals surface area contributed by atoms with Crippen LogP contribution in [0.15, 0.2) is 60.9 Å². The molecule has 2 heterocycles. The Bertz CT molecular complexity index is 869. The highest BCUT2D eigenvalue weighted by molar-refractivity contribution is 5.42. The highest BCUT2D eigenvalue weighted by Gasteiger charge is 2.29. The molecule has 0 unspecified atom stereocenters. The zero-order chi connectivity index (χ0) is 17.3. The fraction of sp³-hybridized carbons (Fsp3) is 0.286. The Morgan fingerprint density at radius 2 is 2.00 bits per heavy atom. The number of fused-ring (bicyclic) bond motifs is 1. The van der Waals surface area contributed by atoms with Crippen LogP contribution < -0.4 is 10.1 Å². The molecule has 1 aromatic heterocycles. The van der Waals surface area contributed by atoms with Crippen molar-refractivity contribution in [1.29, 1.82) is 0 Å². The van der Waals surface area contributed by atoms with Gasteiger partial charge in [0, 0.05) is 31.9 Å². The summed E-state index contributed by atoms with van der Waals surface area (Å²) in [4.78, 5) is 0. The summed E-state index contributed by atoms with van der Waals surface area (Å²) in [5, 5.41) is 7.89. The summed E-state index contributed by atoms with van der Waals surface area (Å²) < 4.78 is 7.86. The zero-order valence-electron chi connectivity index (χ0n) is 14.7. The topological polar surface area (TPSA) is 39.1 Å². The molecule has 4 nitrogen and oxygen atoms in total. The SMILES string of the molecule is CC1(C)Cc2cc(CNCc3ccccc3-n3cccn3)ccc2O1. The van der Waals surface area contributed by atoms with Gasteiger partial charge in [-0.1, -0.05) is 30.3 Å². The first kappa shape index (κ1) is 15.9. The van der Waals surface area contributed by atoms with E-state index in [1.807, 2.05) is 23.0 Å². The fourth-order valence-electron chi connectivity index (χ4n) is 3.41. The highest BCUT2D eigenvalue weighted by atomic mass is 16.5. The molecule has 2 aromatic carbocycles. The second kappa shape index (κ2) is 6.37. The molecular weight excluding hydrogens is 310 g/mol. The van der Waals surface area contributed by atoms with Gasteiger partial charge in [-0.25, -0.2) is 4.68 Å². The van der Waals surface area contributed by atoms with Gasteiger partial charge in [-0.2, -0.15) is 5.10 Å². The van der Waals surface area contributed by atoms with Crippen molar-refractivity contribution in [2.75, 3.05) is 0 Å². The van der Waals surface area contributed by atoms with Crippen LogP contribution in [-0.2, 0) is 19.5 Å². The molecule has 0 atom stereocenters. The average Bonchev–Trinajstić information content (AvgIpc) is 3.21. The Morgan fingerprint density at radius 1 is 1.12 bits per heavy atom. The van der Waals surface area contributed by atoms with Crippen molar-refractivity contribution in [1.82, 2.24) is 15.1 Å². The molecule has 25 heavy (non-hydrogen) atoms. The van der Waals surface area contributed by atoms with Gasteiger partial charge in [0.1, 0.15) is 11.4 Å². The molecule has 4 heteroatoms. The predicted octanol–water partition coefficient (Wildman–Crippen LogP) is 3.88. The Balaban J connectivity index is 1.43. The van der Waals surface area contributed by atoms with Gasteiger partial charge in [0.25, 0.3) is 0 Å². The van der Waals surface area contributed by atoms with Crippen LogP contribution in [-0.4, -0.2) is 15.4 Å². The lowest BCUT2D eigenvalue weighted by molar-refractivity contribution is 0.138. The van der Waals surface area contributed by atoms with E-state index in [1.54, 1.807) is 6.20 Å². The lowest BCUT2D eigenvalue weighted by atomic mass is 10.0. The molecule has 0 amide bonds. The zero-order valence-corrected chi connectivity index (χ0v) is 14.7. The normalized spacial score (nSPS) is 15.0. The maximum absolute atomic E-state index is 5.95. The van der Waals surface area contributed by atoms with E-state index < -0.39 is 0 Å². The number of aromatic nitrogens is 2. The maximum atomic E-state index is 5.95. The lowest BCUT2D eigenvalue weighted by Gasteiger charge is -2.16. The fourth-order valence-corrected chi connectivity index (χ4v) is 3.41. The Hall–Kier alpha value is -2.59. The van der Waals surface area contributed by atoms with Gasteiger partial charge in [0.05, 0.1) is 5.69 Å². The van der Waals surface area contributed by atoms with Gasteiger partial charge in [-0.05, 0) is 48.7 Å². The summed E-state index contributed by atoms with van der Waals surface area (Å²) in [6, 6.07) is 16.8. The van der Waals surface area contributed by atoms with Gasteiger partial charge in [-0.15, -0.1) is 0 Å². The van der Waals surface area contributed by atoms with Crippen LogP contribution in [0.4, 0.5) is 0 Å². The van der Waals surface area contributed by atoms with Gasteiger partial charge in [-0.3, -0.25) is 0 Å². The summed E-state index contributed by atoms with van der Waals surface area (Å²) in [5.74, 6) is 1.03. The molecule has 4 rings (SSSR count). The van der Waals surface area contributed by atoms with Gasteiger partial charge >= 0.3 is 0 Å². The van der Waals surface area contributed by atoms with E-state index >= 15 is 0 Å². The van der Waals surface area contributed by atoms with Crippen LogP contribution >= 0.6 is 0 Å². The van der Waals surface area contributed by atoms with E-state index in [0.717, 1.165) is 30.9 Å². The smallest absolute Gasteiger partial charge is 0.123 e. The number of nitrogens with zero attached hydrogens (tertiary/aromatic N) is 2. The monoisotopic (exact) mass is 333 g/mol. The summed E-state index contributed by atoms with van der Waals surface area (Å²) in [6.07, 6.45) is 4.75. The molecule has 0 bridgehead atoms. The highest BCUT2D eigenvalue weighted by Crippen LogP contribution is 2.35. The number of hydrogen-bond acceptors (Lipinski definition) is 3. The first-order valence-electron chi connectivity index (χ1n) is 8.70. The van der Waals surface area contributed by atoms with Gasteiger partial charge in [0.2, 0.25) is 0 Å². The first-order chi connectivity index (χ1) is 12.1. The van der Waals surface area contributed by atoms with Crippen LogP contribution in [0.2, 0.25) is 0 Å². The summed E-state index contributed by atoms with van der Waals surface area (Å²) >= 11 is 0. The van der Waals surface area contributed by atoms with Crippen molar-refractivity contribution in [2.24, 2.45) is 0 Å². The molecule has 1 aliphatic heterocycles. The summed E-state index contributed by atoms with van der Waals surface area (Å²) in [6.45, 7) is 5.91. The van der Waals surface area contributed by atoms with Crippen molar-refractivity contribution < 1.29 is 4.74 Å². The third-order valence-electron chi connectivity index (χ3n) is 4.51. The van der Waals surface area contributed by atoms with Crippen molar-refractivity contribution in [2.45, 2.75) is 39.0 Å². The summed E-state index contributed by atoms with van der Waals surface area (Å²) in [7, 11) is 0. The van der Waals surface area contributed by atoms with Crippen molar-refractivity contribution in [3.05, 3.63) is 77.6 Å². The predicted molar refractivity (Wildman–Crippen MR) is 99.0 cm³/mol. The van der Waals surface area contributed by atoms with Gasteiger partial charge in [0.15, 0.2) is 0 Å². The number of para-hydroxylation sites is 1. The Kier molecular flexibility index (Phi) is 4.06. The van der Waals surface area contributed by atoms with E-state index in [2.05, 4.69) is 60.7 Å². The molecule has 1 N–H and O–H groups in total. The largest absolute Gasteiger partial charge is 0.487 e.